The van der Waals surface area contributed by atoms with Crippen LogP contribution in [-0.2, 0) is 0 Å². The summed E-state index contributed by atoms with van der Waals surface area (Å²) in [6, 6.07) is 5.51. The zero-order chi connectivity index (χ0) is 13.8. The number of halogens is 1. The fourth-order valence-electron chi connectivity index (χ4n) is 2.74. The molecule has 0 amide bonds. The van der Waals surface area contributed by atoms with Crippen LogP contribution in [0.25, 0.3) is 0 Å². The van der Waals surface area contributed by atoms with Gasteiger partial charge in [-0.2, -0.15) is 0 Å². The van der Waals surface area contributed by atoms with E-state index in [1.165, 1.54) is 18.9 Å². The molecule has 0 saturated carbocycles. The van der Waals surface area contributed by atoms with E-state index in [1.807, 2.05) is 20.0 Å². The smallest absolute Gasteiger partial charge is 0.131 e. The van der Waals surface area contributed by atoms with Crippen LogP contribution in [0.1, 0.15) is 31.4 Å². The summed E-state index contributed by atoms with van der Waals surface area (Å²) >= 11 is 0. The molecule has 4 heteroatoms. The molecule has 1 aromatic rings. The quantitative estimate of drug-likeness (QED) is 0.886. The van der Waals surface area contributed by atoms with Gasteiger partial charge in [0.1, 0.15) is 11.6 Å². The van der Waals surface area contributed by atoms with E-state index in [0.29, 0.717) is 17.4 Å². The summed E-state index contributed by atoms with van der Waals surface area (Å²) in [5.74, 6) is 0.428. The van der Waals surface area contributed by atoms with Crippen LogP contribution in [0.5, 0.6) is 5.75 Å². The minimum absolute atomic E-state index is 0.00134. The summed E-state index contributed by atoms with van der Waals surface area (Å²) in [6.07, 6.45) is 2.43. The van der Waals surface area contributed by atoms with Crippen molar-refractivity contribution in [3.8, 4) is 5.75 Å². The molecule has 19 heavy (non-hydrogen) atoms. The molecule has 0 bridgehead atoms. The standard InChI is InChI=1S/C15H23FN2O/c1-11(18(2)10-12-6-5-9-17-12)15-13(16)7-4-8-14(15)19-3/h4,7-8,11-12,17H,5-6,9-10H2,1-3H3. The third kappa shape index (κ3) is 3.25. The highest BCUT2D eigenvalue weighted by Gasteiger charge is 2.23. The van der Waals surface area contributed by atoms with Gasteiger partial charge in [-0.05, 0) is 45.5 Å². The molecule has 1 saturated heterocycles. The number of hydrogen-bond acceptors (Lipinski definition) is 3. The Bertz CT molecular complexity index is 419. The van der Waals surface area contributed by atoms with Crippen LogP contribution in [0.2, 0.25) is 0 Å². The number of nitrogens with one attached hydrogen (secondary N) is 1. The molecule has 2 rings (SSSR count). The molecule has 0 radical (unpaired) electrons. The first kappa shape index (κ1) is 14.3. The first-order chi connectivity index (χ1) is 9.13. The van der Waals surface area contributed by atoms with Crippen LogP contribution in [0.4, 0.5) is 4.39 Å². The van der Waals surface area contributed by atoms with Crippen molar-refractivity contribution in [2.75, 3.05) is 27.2 Å². The van der Waals surface area contributed by atoms with Gasteiger partial charge in [0, 0.05) is 24.2 Å². The average molecular weight is 266 g/mol. The number of benzene rings is 1. The number of hydrogen-bond donors (Lipinski definition) is 1. The minimum atomic E-state index is -0.196. The lowest BCUT2D eigenvalue weighted by Crippen LogP contribution is -2.36. The van der Waals surface area contributed by atoms with Crippen molar-refractivity contribution in [1.29, 1.82) is 0 Å². The molecule has 0 aromatic heterocycles. The Kier molecular flexibility index (Phi) is 4.77. The van der Waals surface area contributed by atoms with Gasteiger partial charge in [-0.1, -0.05) is 6.07 Å². The van der Waals surface area contributed by atoms with E-state index in [-0.39, 0.29) is 11.9 Å². The Labute approximate surface area is 114 Å². The predicted octanol–water partition coefficient (Wildman–Crippen LogP) is 2.58. The maximum absolute atomic E-state index is 14.0. The largest absolute Gasteiger partial charge is 0.496 e. The Morgan fingerprint density at radius 3 is 2.95 bits per heavy atom. The van der Waals surface area contributed by atoms with Crippen LogP contribution >= 0.6 is 0 Å². The number of likely N-dealkylation sites (N-methyl/N-ethyl adjacent to an activating group) is 1. The second kappa shape index (κ2) is 6.35. The summed E-state index contributed by atoms with van der Waals surface area (Å²) in [5, 5.41) is 3.47. The lowest BCUT2D eigenvalue weighted by Gasteiger charge is -2.29. The molecule has 2 atom stereocenters. The first-order valence-electron chi connectivity index (χ1n) is 6.89. The highest BCUT2D eigenvalue weighted by atomic mass is 19.1. The van der Waals surface area contributed by atoms with Crippen LogP contribution in [-0.4, -0.2) is 38.2 Å². The van der Waals surface area contributed by atoms with Gasteiger partial charge in [0.05, 0.1) is 7.11 Å². The molecular formula is C15H23FN2O. The van der Waals surface area contributed by atoms with Gasteiger partial charge in [0.25, 0.3) is 0 Å². The lowest BCUT2D eigenvalue weighted by molar-refractivity contribution is 0.228. The Morgan fingerprint density at radius 2 is 2.32 bits per heavy atom. The van der Waals surface area contributed by atoms with Crippen molar-refractivity contribution >= 4 is 0 Å². The maximum atomic E-state index is 14.0. The third-order valence-corrected chi connectivity index (χ3v) is 3.98. The van der Waals surface area contributed by atoms with Gasteiger partial charge >= 0.3 is 0 Å². The van der Waals surface area contributed by atoms with Crippen molar-refractivity contribution in [3.63, 3.8) is 0 Å². The topological polar surface area (TPSA) is 24.5 Å². The summed E-state index contributed by atoms with van der Waals surface area (Å²) < 4.78 is 19.3. The fourth-order valence-corrected chi connectivity index (χ4v) is 2.74. The molecular weight excluding hydrogens is 243 g/mol. The molecule has 0 spiro atoms. The van der Waals surface area contributed by atoms with Crippen LogP contribution < -0.4 is 10.1 Å². The molecule has 1 heterocycles. The van der Waals surface area contributed by atoms with Crippen LogP contribution in [0.3, 0.4) is 0 Å². The predicted molar refractivity (Wildman–Crippen MR) is 75.0 cm³/mol. The highest BCUT2D eigenvalue weighted by molar-refractivity contribution is 5.36. The number of methoxy groups -OCH3 is 1. The van der Waals surface area contributed by atoms with E-state index in [2.05, 4.69) is 10.2 Å². The average Bonchev–Trinajstić information content (AvgIpc) is 2.90. The number of ether oxygens (including phenoxy) is 1. The van der Waals surface area contributed by atoms with Gasteiger partial charge in [-0.15, -0.1) is 0 Å². The van der Waals surface area contributed by atoms with Crippen molar-refractivity contribution in [2.45, 2.75) is 31.8 Å². The molecule has 2 unspecified atom stereocenters. The Balaban J connectivity index is 2.11. The third-order valence-electron chi connectivity index (χ3n) is 3.98. The van der Waals surface area contributed by atoms with Crippen molar-refractivity contribution in [2.24, 2.45) is 0 Å². The lowest BCUT2D eigenvalue weighted by atomic mass is 10.0. The van der Waals surface area contributed by atoms with E-state index < -0.39 is 0 Å². The minimum Gasteiger partial charge on any atom is -0.496 e. The highest BCUT2D eigenvalue weighted by Crippen LogP contribution is 2.31. The van der Waals surface area contributed by atoms with Gasteiger partial charge in [0.15, 0.2) is 0 Å². The van der Waals surface area contributed by atoms with Gasteiger partial charge in [-0.3, -0.25) is 4.90 Å². The van der Waals surface area contributed by atoms with E-state index in [0.717, 1.165) is 13.1 Å². The van der Waals surface area contributed by atoms with E-state index in [9.17, 15) is 4.39 Å². The van der Waals surface area contributed by atoms with Gasteiger partial charge in [-0.25, -0.2) is 4.39 Å². The van der Waals surface area contributed by atoms with Crippen LogP contribution in [0.15, 0.2) is 18.2 Å². The molecule has 3 nitrogen and oxygen atoms in total. The molecule has 0 aliphatic carbocycles. The SMILES string of the molecule is COc1cccc(F)c1C(C)N(C)CC1CCCN1. The fraction of sp³-hybridized carbons (Fsp3) is 0.600. The normalized spacial score (nSPS) is 20.8. The molecule has 1 N–H and O–H groups in total. The van der Waals surface area contributed by atoms with Crippen molar-refractivity contribution in [3.05, 3.63) is 29.6 Å². The van der Waals surface area contributed by atoms with Gasteiger partial charge in [0.2, 0.25) is 0 Å². The maximum Gasteiger partial charge on any atom is 0.131 e. The molecule has 106 valence electrons. The Morgan fingerprint density at radius 1 is 1.53 bits per heavy atom. The monoisotopic (exact) mass is 266 g/mol. The zero-order valence-electron chi connectivity index (χ0n) is 11.9. The number of rotatable bonds is 5. The summed E-state index contributed by atoms with van der Waals surface area (Å²) in [6.45, 7) is 4.05. The van der Waals surface area contributed by atoms with Crippen molar-refractivity contribution in [1.82, 2.24) is 10.2 Å². The van der Waals surface area contributed by atoms with Gasteiger partial charge < -0.3 is 10.1 Å². The summed E-state index contributed by atoms with van der Waals surface area (Å²) in [4.78, 5) is 2.18. The second-order valence-corrected chi connectivity index (χ2v) is 5.26. The molecule has 1 aliphatic heterocycles. The van der Waals surface area contributed by atoms with Crippen LogP contribution in [0, 0.1) is 5.82 Å². The number of nitrogens with zero attached hydrogens (tertiary/aromatic N) is 1. The van der Waals surface area contributed by atoms with E-state index >= 15 is 0 Å². The summed E-state index contributed by atoms with van der Waals surface area (Å²) in [5.41, 5.74) is 0.644. The van der Waals surface area contributed by atoms with Crippen molar-refractivity contribution < 1.29 is 9.13 Å². The van der Waals surface area contributed by atoms with E-state index in [1.54, 1.807) is 13.2 Å². The zero-order valence-corrected chi connectivity index (χ0v) is 11.9. The second-order valence-electron chi connectivity index (χ2n) is 5.26. The molecule has 1 aromatic carbocycles. The van der Waals surface area contributed by atoms with E-state index in [4.69, 9.17) is 4.74 Å². The summed E-state index contributed by atoms with van der Waals surface area (Å²) in [7, 11) is 3.63. The molecule has 1 aliphatic rings. The molecule has 1 fully saturated rings. The first-order valence-corrected chi connectivity index (χ1v) is 6.89. The Hall–Kier alpha value is -1.13.